The van der Waals surface area contributed by atoms with Crippen molar-refractivity contribution in [1.29, 1.82) is 0 Å². The maximum absolute atomic E-state index is 12.1. The molecule has 0 bridgehead atoms. The molecule has 2 aromatic rings. The molecule has 0 atom stereocenters. The van der Waals surface area contributed by atoms with Crippen molar-refractivity contribution < 1.29 is 4.79 Å². The first-order chi connectivity index (χ1) is 9.31. The van der Waals surface area contributed by atoms with E-state index in [9.17, 15) is 4.79 Å². The van der Waals surface area contributed by atoms with Gasteiger partial charge in [0.2, 0.25) is 0 Å². The average Bonchev–Trinajstić information content (AvgIpc) is 2.93. The minimum Gasteiger partial charge on any atom is -0.383 e. The highest BCUT2D eigenvalue weighted by molar-refractivity contribution is 5.99. The van der Waals surface area contributed by atoms with Crippen molar-refractivity contribution in [3.63, 3.8) is 0 Å². The monoisotopic (exact) mass is 259 g/mol. The molecular weight excluding hydrogens is 242 g/mol. The predicted molar refractivity (Wildman–Crippen MR) is 73.0 cm³/mol. The number of anilines is 1. The summed E-state index contributed by atoms with van der Waals surface area (Å²) in [6.07, 6.45) is 6.85. The average molecular weight is 259 g/mol. The van der Waals surface area contributed by atoms with Crippen LogP contribution < -0.4 is 10.6 Å². The zero-order valence-corrected chi connectivity index (χ0v) is 10.8. The quantitative estimate of drug-likeness (QED) is 0.816. The molecule has 19 heavy (non-hydrogen) atoms. The van der Waals surface area contributed by atoms with E-state index in [1.54, 1.807) is 29.3 Å². The number of rotatable bonds is 6. The van der Waals surface area contributed by atoms with E-state index < -0.39 is 0 Å². The van der Waals surface area contributed by atoms with Crippen LogP contribution in [0.15, 0.2) is 36.9 Å². The number of amides is 1. The van der Waals surface area contributed by atoms with Crippen LogP contribution in [0.2, 0.25) is 0 Å². The lowest BCUT2D eigenvalue weighted by molar-refractivity contribution is 0.0952. The van der Waals surface area contributed by atoms with Gasteiger partial charge in [0.15, 0.2) is 0 Å². The molecule has 0 aliphatic carbocycles. The van der Waals surface area contributed by atoms with Crippen LogP contribution in [0.3, 0.4) is 0 Å². The van der Waals surface area contributed by atoms with Gasteiger partial charge < -0.3 is 10.6 Å². The van der Waals surface area contributed by atoms with E-state index >= 15 is 0 Å². The Morgan fingerprint density at radius 3 is 3.05 bits per heavy atom. The number of pyridine rings is 1. The summed E-state index contributed by atoms with van der Waals surface area (Å²) in [6, 6.07) is 3.56. The highest BCUT2D eigenvalue weighted by Gasteiger charge is 2.10. The molecular formula is C13H17N5O. The lowest BCUT2D eigenvalue weighted by Gasteiger charge is -2.10. The van der Waals surface area contributed by atoms with Crippen LogP contribution in [0, 0.1) is 0 Å². The molecule has 100 valence electrons. The fourth-order valence-corrected chi connectivity index (χ4v) is 1.74. The molecule has 0 saturated heterocycles. The maximum atomic E-state index is 12.1. The van der Waals surface area contributed by atoms with E-state index in [-0.39, 0.29) is 5.91 Å². The van der Waals surface area contributed by atoms with Crippen molar-refractivity contribution in [2.24, 2.45) is 0 Å². The zero-order chi connectivity index (χ0) is 13.5. The Morgan fingerprint density at radius 2 is 2.32 bits per heavy atom. The molecule has 0 spiro atoms. The molecule has 0 radical (unpaired) electrons. The number of aromatic nitrogens is 3. The summed E-state index contributed by atoms with van der Waals surface area (Å²) in [5, 5.41) is 10.1. The standard InChI is InChI=1S/C13H17N5O/c1-2-15-12-10-14-6-4-11(12)13(19)16-7-9-18-8-3-5-17-18/h3-6,8,10,15H,2,7,9H2,1H3,(H,16,19). The fraction of sp³-hybridized carbons (Fsp3) is 0.308. The number of carbonyl (C=O) groups is 1. The van der Waals surface area contributed by atoms with Gasteiger partial charge in [0.05, 0.1) is 24.0 Å². The summed E-state index contributed by atoms with van der Waals surface area (Å²) in [5.41, 5.74) is 1.36. The van der Waals surface area contributed by atoms with Crippen molar-refractivity contribution in [2.45, 2.75) is 13.5 Å². The molecule has 1 amide bonds. The molecule has 6 heteroatoms. The van der Waals surface area contributed by atoms with Gasteiger partial charge in [-0.25, -0.2) is 0 Å². The van der Waals surface area contributed by atoms with Crippen molar-refractivity contribution in [2.75, 3.05) is 18.4 Å². The number of carbonyl (C=O) groups excluding carboxylic acids is 1. The molecule has 0 fully saturated rings. The minimum atomic E-state index is -0.106. The summed E-state index contributed by atoms with van der Waals surface area (Å²) in [6.45, 7) is 3.92. The number of nitrogens with zero attached hydrogens (tertiary/aromatic N) is 3. The lowest BCUT2D eigenvalue weighted by Crippen LogP contribution is -2.28. The Labute approximate surface area is 111 Å². The normalized spacial score (nSPS) is 10.2. The Bertz CT molecular complexity index is 524. The second-order valence-corrected chi connectivity index (χ2v) is 3.98. The van der Waals surface area contributed by atoms with Crippen molar-refractivity contribution in [1.82, 2.24) is 20.1 Å². The summed E-state index contributed by atoms with van der Waals surface area (Å²) in [5.74, 6) is -0.106. The predicted octanol–water partition coefficient (Wildman–Crippen LogP) is 1.14. The van der Waals surface area contributed by atoms with Crippen LogP contribution in [-0.2, 0) is 6.54 Å². The van der Waals surface area contributed by atoms with Crippen LogP contribution in [0.4, 0.5) is 5.69 Å². The number of hydrogen-bond donors (Lipinski definition) is 2. The maximum Gasteiger partial charge on any atom is 0.253 e. The Kier molecular flexibility index (Phi) is 4.49. The van der Waals surface area contributed by atoms with Crippen LogP contribution in [0.5, 0.6) is 0 Å². The SMILES string of the molecule is CCNc1cnccc1C(=O)NCCn1cccn1. The van der Waals surface area contributed by atoms with Crippen LogP contribution >= 0.6 is 0 Å². The van der Waals surface area contributed by atoms with Gasteiger partial charge in [0.25, 0.3) is 5.91 Å². The van der Waals surface area contributed by atoms with Crippen LogP contribution in [0.1, 0.15) is 17.3 Å². The first-order valence-corrected chi connectivity index (χ1v) is 6.24. The molecule has 0 aromatic carbocycles. The van der Waals surface area contributed by atoms with Crippen molar-refractivity contribution >= 4 is 11.6 Å². The largest absolute Gasteiger partial charge is 0.383 e. The fourth-order valence-electron chi connectivity index (χ4n) is 1.74. The van der Waals surface area contributed by atoms with Crippen molar-refractivity contribution in [3.8, 4) is 0 Å². The topological polar surface area (TPSA) is 71.8 Å². The van der Waals surface area contributed by atoms with Gasteiger partial charge in [-0.2, -0.15) is 5.10 Å². The third kappa shape index (κ3) is 3.54. The molecule has 0 unspecified atom stereocenters. The van der Waals surface area contributed by atoms with Gasteiger partial charge in [-0.05, 0) is 19.1 Å². The second kappa shape index (κ2) is 6.53. The van der Waals surface area contributed by atoms with Gasteiger partial charge in [0.1, 0.15) is 0 Å². The molecule has 2 N–H and O–H groups in total. The van der Waals surface area contributed by atoms with Crippen LogP contribution in [-0.4, -0.2) is 33.8 Å². The second-order valence-electron chi connectivity index (χ2n) is 3.98. The minimum absolute atomic E-state index is 0.106. The Hall–Kier alpha value is -2.37. The Balaban J connectivity index is 1.92. The van der Waals surface area contributed by atoms with Gasteiger partial charge in [-0.15, -0.1) is 0 Å². The van der Waals surface area contributed by atoms with E-state index in [0.29, 0.717) is 18.7 Å². The van der Waals surface area contributed by atoms with Gasteiger partial charge in [-0.3, -0.25) is 14.5 Å². The summed E-state index contributed by atoms with van der Waals surface area (Å²) >= 11 is 0. The van der Waals surface area contributed by atoms with Crippen LogP contribution in [0.25, 0.3) is 0 Å². The number of nitrogens with one attached hydrogen (secondary N) is 2. The van der Waals surface area contributed by atoms with E-state index in [4.69, 9.17) is 0 Å². The smallest absolute Gasteiger partial charge is 0.253 e. The summed E-state index contributed by atoms with van der Waals surface area (Å²) in [7, 11) is 0. The zero-order valence-electron chi connectivity index (χ0n) is 10.8. The van der Waals surface area contributed by atoms with Gasteiger partial charge in [0, 0.05) is 31.7 Å². The third-order valence-electron chi connectivity index (χ3n) is 2.62. The number of hydrogen-bond acceptors (Lipinski definition) is 4. The summed E-state index contributed by atoms with van der Waals surface area (Å²) in [4.78, 5) is 16.1. The highest BCUT2D eigenvalue weighted by Crippen LogP contribution is 2.12. The highest BCUT2D eigenvalue weighted by atomic mass is 16.1. The van der Waals surface area contributed by atoms with E-state index in [2.05, 4.69) is 20.7 Å². The van der Waals surface area contributed by atoms with Gasteiger partial charge >= 0.3 is 0 Å². The lowest BCUT2D eigenvalue weighted by atomic mass is 10.2. The van der Waals surface area contributed by atoms with E-state index in [1.807, 2.05) is 19.2 Å². The Morgan fingerprint density at radius 1 is 1.42 bits per heavy atom. The third-order valence-corrected chi connectivity index (χ3v) is 2.62. The molecule has 6 nitrogen and oxygen atoms in total. The first kappa shape index (κ1) is 13.1. The van der Waals surface area contributed by atoms with E-state index in [0.717, 1.165) is 12.2 Å². The summed E-state index contributed by atoms with van der Waals surface area (Å²) < 4.78 is 1.78. The first-order valence-electron chi connectivity index (χ1n) is 6.24. The molecule has 2 rings (SSSR count). The van der Waals surface area contributed by atoms with Crippen molar-refractivity contribution in [3.05, 3.63) is 42.5 Å². The molecule has 0 aliphatic rings. The molecule has 0 aliphatic heterocycles. The molecule has 2 heterocycles. The molecule has 2 aromatic heterocycles. The van der Waals surface area contributed by atoms with E-state index in [1.165, 1.54) is 0 Å². The van der Waals surface area contributed by atoms with Gasteiger partial charge in [-0.1, -0.05) is 0 Å². The molecule has 0 saturated carbocycles.